The second-order valence-electron chi connectivity index (χ2n) is 7.36. The van der Waals surface area contributed by atoms with Crippen molar-refractivity contribution in [3.63, 3.8) is 0 Å². The lowest BCUT2D eigenvalue weighted by molar-refractivity contribution is -0.146. The molecule has 1 aliphatic carbocycles. The van der Waals surface area contributed by atoms with Gasteiger partial charge in [0.1, 0.15) is 16.4 Å². The molecule has 1 amide bonds. The summed E-state index contributed by atoms with van der Waals surface area (Å²) < 4.78 is 18.8. The fourth-order valence-corrected chi connectivity index (χ4v) is 4.71. The van der Waals surface area contributed by atoms with Gasteiger partial charge >= 0.3 is 11.9 Å². The van der Waals surface area contributed by atoms with Gasteiger partial charge in [-0.15, -0.1) is 11.3 Å². The van der Waals surface area contributed by atoms with Crippen molar-refractivity contribution in [2.75, 3.05) is 11.9 Å². The highest BCUT2D eigenvalue weighted by atomic mass is 32.1. The molecule has 3 rings (SSSR count). The molecular formula is C23H24FNO5S. The van der Waals surface area contributed by atoms with Gasteiger partial charge in [-0.2, -0.15) is 0 Å². The SMILES string of the molecule is CCCOC(=O)c1c(NC(=O)[C@@H]2CC=CC[C@@H]2C(=O)O)sc(C)c1-c1ccc(F)cc1. The standard InChI is InChI=1S/C23H24FNO5S/c1-3-12-30-23(29)19-18(14-8-10-15(24)11-9-14)13(2)31-21(19)25-20(26)16-6-4-5-7-17(16)22(27)28/h4-5,8-11,16-17H,3,6-7,12H2,1-2H3,(H,25,26)(H,27,28)/t16-,17+/m1/s1. The van der Waals surface area contributed by atoms with E-state index in [1.807, 2.05) is 6.92 Å². The first kappa shape index (κ1) is 22.7. The summed E-state index contributed by atoms with van der Waals surface area (Å²) in [5, 5.41) is 12.5. The highest BCUT2D eigenvalue weighted by molar-refractivity contribution is 7.17. The Morgan fingerprint density at radius 3 is 2.42 bits per heavy atom. The number of allylic oxidation sites excluding steroid dienone is 2. The van der Waals surface area contributed by atoms with Crippen LogP contribution in [0.2, 0.25) is 0 Å². The first-order chi connectivity index (χ1) is 14.8. The highest BCUT2D eigenvalue weighted by Crippen LogP contribution is 2.41. The van der Waals surface area contributed by atoms with Gasteiger partial charge in [-0.25, -0.2) is 9.18 Å². The number of nitrogens with one attached hydrogen (secondary N) is 1. The number of aliphatic carboxylic acids is 1. The molecule has 0 unspecified atom stereocenters. The van der Waals surface area contributed by atoms with Crippen LogP contribution in [0.4, 0.5) is 9.39 Å². The number of esters is 1. The number of benzene rings is 1. The van der Waals surface area contributed by atoms with Crippen LogP contribution < -0.4 is 5.32 Å². The summed E-state index contributed by atoms with van der Waals surface area (Å²) >= 11 is 1.21. The van der Waals surface area contributed by atoms with Crippen molar-refractivity contribution >= 4 is 34.2 Å². The topological polar surface area (TPSA) is 92.7 Å². The molecular weight excluding hydrogens is 421 g/mol. The molecule has 31 heavy (non-hydrogen) atoms. The average molecular weight is 446 g/mol. The fraction of sp³-hybridized carbons (Fsp3) is 0.348. The van der Waals surface area contributed by atoms with Gasteiger partial charge in [-0.05, 0) is 43.9 Å². The van der Waals surface area contributed by atoms with Crippen molar-refractivity contribution in [3.05, 3.63) is 52.7 Å². The molecule has 0 bridgehead atoms. The van der Waals surface area contributed by atoms with E-state index >= 15 is 0 Å². The van der Waals surface area contributed by atoms with E-state index in [0.29, 0.717) is 29.0 Å². The summed E-state index contributed by atoms with van der Waals surface area (Å²) in [6.07, 6.45) is 4.79. The van der Waals surface area contributed by atoms with Gasteiger partial charge < -0.3 is 15.2 Å². The maximum Gasteiger partial charge on any atom is 0.341 e. The summed E-state index contributed by atoms with van der Waals surface area (Å²) in [6, 6.07) is 5.74. The third-order valence-electron chi connectivity index (χ3n) is 5.18. The highest BCUT2D eigenvalue weighted by Gasteiger charge is 2.35. The minimum Gasteiger partial charge on any atom is -0.481 e. The Kier molecular flexibility index (Phi) is 7.22. The number of carboxylic acids is 1. The Balaban J connectivity index is 1.99. The van der Waals surface area contributed by atoms with Gasteiger partial charge in [-0.1, -0.05) is 31.2 Å². The third kappa shape index (κ3) is 5.02. The number of thiophene rings is 1. The molecule has 1 aromatic carbocycles. The number of rotatable bonds is 7. The normalized spacial score (nSPS) is 17.9. The van der Waals surface area contributed by atoms with Gasteiger partial charge in [0.2, 0.25) is 5.91 Å². The first-order valence-electron chi connectivity index (χ1n) is 10.1. The van der Waals surface area contributed by atoms with Crippen LogP contribution >= 0.6 is 11.3 Å². The van der Waals surface area contributed by atoms with E-state index in [4.69, 9.17) is 4.74 Å². The van der Waals surface area contributed by atoms with Crippen LogP contribution in [0.25, 0.3) is 11.1 Å². The molecule has 6 nitrogen and oxygen atoms in total. The predicted octanol–water partition coefficient (Wildman–Crippen LogP) is 5.03. The van der Waals surface area contributed by atoms with Crippen LogP contribution in [0, 0.1) is 24.6 Å². The van der Waals surface area contributed by atoms with Crippen molar-refractivity contribution < 1.29 is 28.6 Å². The summed E-state index contributed by atoms with van der Waals surface area (Å²) in [5.74, 6) is -4.02. The lowest BCUT2D eigenvalue weighted by atomic mass is 9.82. The fourth-order valence-electron chi connectivity index (χ4n) is 3.64. The predicted molar refractivity (Wildman–Crippen MR) is 117 cm³/mol. The van der Waals surface area contributed by atoms with Gasteiger partial charge in [0, 0.05) is 10.4 Å². The van der Waals surface area contributed by atoms with E-state index < -0.39 is 35.5 Å². The molecule has 1 aromatic heterocycles. The number of halogens is 1. The largest absolute Gasteiger partial charge is 0.481 e. The van der Waals surface area contributed by atoms with E-state index in [9.17, 15) is 23.9 Å². The minimum atomic E-state index is -1.03. The van der Waals surface area contributed by atoms with E-state index in [1.165, 1.54) is 23.5 Å². The van der Waals surface area contributed by atoms with Gasteiger partial charge in [0.05, 0.1) is 18.4 Å². The summed E-state index contributed by atoms with van der Waals surface area (Å²) in [4.78, 5) is 38.2. The lowest BCUT2D eigenvalue weighted by Gasteiger charge is -2.24. The molecule has 164 valence electrons. The number of carboxylic acid groups (broad SMARTS) is 1. The number of carbonyl (C=O) groups is 3. The minimum absolute atomic E-state index is 0.203. The Morgan fingerprint density at radius 2 is 1.81 bits per heavy atom. The zero-order chi connectivity index (χ0) is 22.5. The molecule has 0 spiro atoms. The van der Waals surface area contributed by atoms with E-state index in [2.05, 4.69) is 5.32 Å². The van der Waals surface area contributed by atoms with E-state index in [0.717, 1.165) is 4.88 Å². The van der Waals surface area contributed by atoms with Gasteiger partial charge in [0.15, 0.2) is 0 Å². The molecule has 0 aliphatic heterocycles. The Morgan fingerprint density at radius 1 is 1.16 bits per heavy atom. The smallest absolute Gasteiger partial charge is 0.341 e. The van der Waals surface area contributed by atoms with Crippen LogP contribution in [0.1, 0.15) is 41.4 Å². The summed E-state index contributed by atoms with van der Waals surface area (Å²) in [6.45, 7) is 3.90. The number of hydrogen-bond donors (Lipinski definition) is 2. The molecule has 1 aliphatic rings. The van der Waals surface area contributed by atoms with E-state index in [-0.39, 0.29) is 18.6 Å². The number of amides is 1. The molecule has 0 fully saturated rings. The summed E-state index contributed by atoms with van der Waals surface area (Å²) in [7, 11) is 0. The van der Waals surface area contributed by atoms with Crippen molar-refractivity contribution in [3.8, 4) is 11.1 Å². The van der Waals surface area contributed by atoms with Crippen LogP contribution in [0.5, 0.6) is 0 Å². The third-order valence-corrected chi connectivity index (χ3v) is 6.20. The second kappa shape index (κ2) is 9.87. The Hall–Kier alpha value is -3.00. The van der Waals surface area contributed by atoms with Crippen LogP contribution in [0.15, 0.2) is 36.4 Å². The molecule has 0 radical (unpaired) electrons. The van der Waals surface area contributed by atoms with E-state index in [1.54, 1.807) is 31.2 Å². The number of carbonyl (C=O) groups excluding carboxylic acids is 2. The zero-order valence-electron chi connectivity index (χ0n) is 17.3. The van der Waals surface area contributed by atoms with Crippen LogP contribution in [0.3, 0.4) is 0 Å². The number of ether oxygens (including phenoxy) is 1. The molecule has 2 aromatic rings. The van der Waals surface area contributed by atoms with Crippen molar-refractivity contribution in [2.24, 2.45) is 11.8 Å². The molecule has 0 saturated carbocycles. The summed E-state index contributed by atoms with van der Waals surface area (Å²) in [5.41, 5.74) is 1.40. The Bertz CT molecular complexity index is 1010. The maximum atomic E-state index is 13.4. The van der Waals surface area contributed by atoms with Gasteiger partial charge in [0.25, 0.3) is 0 Å². The van der Waals surface area contributed by atoms with Crippen LogP contribution in [-0.2, 0) is 14.3 Å². The molecule has 2 N–H and O–H groups in total. The number of anilines is 1. The quantitative estimate of drug-likeness (QED) is 0.460. The molecule has 0 saturated heterocycles. The van der Waals surface area contributed by atoms with Gasteiger partial charge in [-0.3, -0.25) is 9.59 Å². The Labute approximate surface area is 183 Å². The number of hydrogen-bond acceptors (Lipinski definition) is 5. The maximum absolute atomic E-state index is 13.4. The molecule has 8 heteroatoms. The zero-order valence-corrected chi connectivity index (χ0v) is 18.1. The first-order valence-corrected chi connectivity index (χ1v) is 10.9. The molecule has 1 heterocycles. The average Bonchev–Trinajstić information content (AvgIpc) is 3.08. The number of aryl methyl sites for hydroxylation is 1. The second-order valence-corrected chi connectivity index (χ2v) is 8.59. The van der Waals surface area contributed by atoms with Crippen LogP contribution in [-0.4, -0.2) is 29.6 Å². The van der Waals surface area contributed by atoms with Crippen molar-refractivity contribution in [2.45, 2.75) is 33.1 Å². The molecule has 2 atom stereocenters. The lowest BCUT2D eigenvalue weighted by Crippen LogP contribution is -2.34. The monoisotopic (exact) mass is 445 g/mol. The van der Waals surface area contributed by atoms with Crippen molar-refractivity contribution in [1.29, 1.82) is 0 Å². The van der Waals surface area contributed by atoms with Crippen molar-refractivity contribution in [1.82, 2.24) is 0 Å².